The van der Waals surface area contributed by atoms with E-state index in [0.717, 1.165) is 0 Å². The van der Waals surface area contributed by atoms with Crippen LogP contribution in [0.1, 0.15) is 34.1 Å². The van der Waals surface area contributed by atoms with E-state index in [1.807, 2.05) is 13.0 Å². The summed E-state index contributed by atoms with van der Waals surface area (Å²) in [7, 11) is 0. The largest absolute Gasteiger partial charge is 0.497 e. The van der Waals surface area contributed by atoms with Crippen molar-refractivity contribution >= 4 is 5.97 Å². The van der Waals surface area contributed by atoms with Crippen LogP contribution >= 0.6 is 0 Å². The van der Waals surface area contributed by atoms with Crippen molar-refractivity contribution in [2.24, 2.45) is 0 Å². The van der Waals surface area contributed by atoms with Crippen molar-refractivity contribution in [1.29, 1.82) is 5.26 Å². The van der Waals surface area contributed by atoms with Crippen LogP contribution in [-0.2, 0) is 19.0 Å². The van der Waals surface area contributed by atoms with Gasteiger partial charge in [0.05, 0.1) is 6.61 Å². The van der Waals surface area contributed by atoms with E-state index < -0.39 is 12.3 Å². The fourth-order valence-electron chi connectivity index (χ4n) is 1.23. The fraction of sp³-hybridized carbons (Fsp3) is 0.667. The summed E-state index contributed by atoms with van der Waals surface area (Å²) in [5.74, 6) is -0.359. The average Bonchev–Trinajstić information content (AvgIpc) is 2.28. The molecule has 0 radical (unpaired) electrons. The lowest BCUT2D eigenvalue weighted by atomic mass is 10.2. The Morgan fingerprint density at radius 3 is 2.35 bits per heavy atom. The first-order valence-corrected chi connectivity index (χ1v) is 5.69. The van der Waals surface area contributed by atoms with Gasteiger partial charge in [0, 0.05) is 13.0 Å². The Kier molecular flexibility index (Phi) is 7.82. The van der Waals surface area contributed by atoms with Gasteiger partial charge in [0.15, 0.2) is 5.57 Å². The first-order chi connectivity index (χ1) is 8.10. The molecule has 0 saturated heterocycles. The maximum Gasteiger partial charge on any atom is 0.354 e. The van der Waals surface area contributed by atoms with Crippen LogP contribution in [-0.4, -0.2) is 25.5 Å². The highest BCUT2D eigenvalue weighted by molar-refractivity contribution is 5.93. The summed E-state index contributed by atoms with van der Waals surface area (Å²) in [4.78, 5) is 11.7. The lowest BCUT2D eigenvalue weighted by Crippen LogP contribution is -2.20. The van der Waals surface area contributed by atoms with E-state index >= 15 is 0 Å². The van der Waals surface area contributed by atoms with Crippen LogP contribution in [0.3, 0.4) is 0 Å². The maximum atomic E-state index is 11.7. The van der Waals surface area contributed by atoms with Gasteiger partial charge in [-0.25, -0.2) is 4.79 Å². The van der Waals surface area contributed by atoms with Gasteiger partial charge >= 0.3 is 5.97 Å². The van der Waals surface area contributed by atoms with Gasteiger partial charge in [-0.2, -0.15) is 5.26 Å². The molecule has 0 aromatic heterocycles. The zero-order chi connectivity index (χ0) is 13.3. The highest BCUT2D eigenvalue weighted by Gasteiger charge is 2.19. The van der Waals surface area contributed by atoms with Crippen LogP contribution in [0.15, 0.2) is 11.3 Å². The molecular weight excluding hydrogens is 222 g/mol. The number of nitriles is 1. The number of hydrogen-bond donors (Lipinski definition) is 0. The van der Waals surface area contributed by atoms with Gasteiger partial charge in [0.25, 0.3) is 0 Å². The molecule has 0 spiro atoms. The van der Waals surface area contributed by atoms with Gasteiger partial charge in [-0.15, -0.1) is 0 Å². The van der Waals surface area contributed by atoms with Crippen molar-refractivity contribution in [2.75, 3.05) is 13.2 Å². The van der Waals surface area contributed by atoms with Crippen LogP contribution in [0.5, 0.6) is 0 Å². The fourth-order valence-corrected chi connectivity index (χ4v) is 1.23. The molecule has 0 N–H and O–H groups in total. The standard InChI is InChI=1S/C12H19NO4/c1-5-11(16-7-3)10(8-13)12(14)17-9(4)15-6-2/h9H,5-7H2,1-4H3/b11-10-. The van der Waals surface area contributed by atoms with Crippen LogP contribution in [0.25, 0.3) is 0 Å². The average molecular weight is 241 g/mol. The molecule has 5 heteroatoms. The summed E-state index contributed by atoms with van der Waals surface area (Å²) in [6.45, 7) is 7.83. The van der Waals surface area contributed by atoms with Crippen molar-refractivity contribution in [3.05, 3.63) is 11.3 Å². The molecular formula is C12H19NO4. The predicted octanol–water partition coefficient (Wildman–Crippen LogP) is 2.14. The lowest BCUT2D eigenvalue weighted by molar-refractivity contribution is -0.168. The molecule has 0 aromatic rings. The minimum Gasteiger partial charge on any atom is -0.497 e. The van der Waals surface area contributed by atoms with E-state index in [9.17, 15) is 4.79 Å². The van der Waals surface area contributed by atoms with Crippen molar-refractivity contribution in [2.45, 2.75) is 40.4 Å². The van der Waals surface area contributed by atoms with E-state index in [4.69, 9.17) is 19.5 Å². The van der Waals surface area contributed by atoms with Crippen LogP contribution in [0.4, 0.5) is 0 Å². The number of hydrogen-bond acceptors (Lipinski definition) is 5. The second-order valence-corrected chi connectivity index (χ2v) is 3.12. The Balaban J connectivity index is 4.76. The third-order valence-electron chi connectivity index (χ3n) is 1.91. The highest BCUT2D eigenvalue weighted by atomic mass is 16.7. The zero-order valence-electron chi connectivity index (χ0n) is 10.8. The third-order valence-corrected chi connectivity index (χ3v) is 1.91. The minimum atomic E-state index is -0.709. The molecule has 0 aromatic carbocycles. The smallest absolute Gasteiger partial charge is 0.354 e. The van der Waals surface area contributed by atoms with Crippen molar-refractivity contribution < 1.29 is 19.0 Å². The van der Waals surface area contributed by atoms with E-state index in [2.05, 4.69) is 0 Å². The van der Waals surface area contributed by atoms with E-state index in [1.54, 1.807) is 20.8 Å². The third kappa shape index (κ3) is 5.36. The molecule has 0 aliphatic carbocycles. The van der Waals surface area contributed by atoms with Crippen LogP contribution in [0, 0.1) is 11.3 Å². The lowest BCUT2D eigenvalue weighted by Gasteiger charge is -2.14. The van der Waals surface area contributed by atoms with E-state index in [0.29, 0.717) is 25.4 Å². The number of allylic oxidation sites excluding steroid dienone is 1. The topological polar surface area (TPSA) is 68.5 Å². The molecule has 0 aliphatic rings. The highest BCUT2D eigenvalue weighted by Crippen LogP contribution is 2.12. The molecule has 0 amide bonds. The van der Waals surface area contributed by atoms with Gasteiger partial charge < -0.3 is 14.2 Å². The molecule has 17 heavy (non-hydrogen) atoms. The first kappa shape index (κ1) is 15.5. The summed E-state index contributed by atoms with van der Waals surface area (Å²) in [6.07, 6.45) is -0.204. The molecule has 0 rings (SSSR count). The second kappa shape index (κ2) is 8.59. The number of ether oxygens (including phenoxy) is 3. The molecule has 1 atom stereocenters. The summed E-state index contributed by atoms with van der Waals surface area (Å²) in [5.41, 5.74) is -0.0964. The molecule has 5 nitrogen and oxygen atoms in total. The molecule has 0 heterocycles. The summed E-state index contributed by atoms with van der Waals surface area (Å²) < 4.78 is 15.2. The zero-order valence-corrected chi connectivity index (χ0v) is 10.8. The van der Waals surface area contributed by atoms with Gasteiger partial charge in [-0.1, -0.05) is 6.92 Å². The number of rotatable bonds is 7. The monoisotopic (exact) mass is 241 g/mol. The Morgan fingerprint density at radius 1 is 1.29 bits per heavy atom. The Hall–Kier alpha value is -1.54. The van der Waals surface area contributed by atoms with E-state index in [1.165, 1.54) is 0 Å². The molecule has 0 aliphatic heterocycles. The molecule has 1 unspecified atom stereocenters. The van der Waals surface area contributed by atoms with Crippen molar-refractivity contribution in [3.8, 4) is 6.07 Å². The van der Waals surface area contributed by atoms with Crippen LogP contribution < -0.4 is 0 Å². The van der Waals surface area contributed by atoms with Crippen molar-refractivity contribution in [1.82, 2.24) is 0 Å². The SMILES string of the molecule is CCO/C(CC)=C(/C#N)C(=O)OC(C)OCC. The molecule has 0 fully saturated rings. The normalized spacial score (nSPS) is 13.4. The Bertz CT molecular complexity index is 317. The van der Waals surface area contributed by atoms with E-state index in [-0.39, 0.29) is 5.57 Å². The second-order valence-electron chi connectivity index (χ2n) is 3.12. The minimum absolute atomic E-state index is 0.0964. The van der Waals surface area contributed by atoms with Gasteiger partial charge in [0.1, 0.15) is 11.8 Å². The molecule has 0 bridgehead atoms. The Morgan fingerprint density at radius 2 is 1.94 bits per heavy atom. The summed E-state index contributed by atoms with van der Waals surface area (Å²) in [5, 5.41) is 8.94. The van der Waals surface area contributed by atoms with Crippen molar-refractivity contribution in [3.63, 3.8) is 0 Å². The quantitative estimate of drug-likeness (QED) is 0.224. The number of carbonyl (C=O) groups is 1. The first-order valence-electron chi connectivity index (χ1n) is 5.69. The number of nitrogens with zero attached hydrogens (tertiary/aromatic N) is 1. The number of esters is 1. The van der Waals surface area contributed by atoms with Crippen LogP contribution in [0.2, 0.25) is 0 Å². The Labute approximate surface area is 102 Å². The van der Waals surface area contributed by atoms with Gasteiger partial charge in [0.2, 0.25) is 6.29 Å². The summed E-state index contributed by atoms with van der Waals surface area (Å²) >= 11 is 0. The molecule has 0 saturated carbocycles. The predicted molar refractivity (Wildman–Crippen MR) is 61.7 cm³/mol. The summed E-state index contributed by atoms with van der Waals surface area (Å²) in [6, 6.07) is 1.81. The number of carbonyl (C=O) groups excluding carboxylic acids is 1. The van der Waals surface area contributed by atoms with Gasteiger partial charge in [-0.3, -0.25) is 0 Å². The van der Waals surface area contributed by atoms with Gasteiger partial charge in [-0.05, 0) is 20.8 Å². The molecule has 96 valence electrons. The maximum absolute atomic E-state index is 11.7.